The van der Waals surface area contributed by atoms with Gasteiger partial charge in [-0.15, -0.1) is 21.5 Å². The fourth-order valence-corrected chi connectivity index (χ4v) is 6.54. The SMILES string of the molecule is [2H]C([2H])(C1CCOCC1)N1C[C@H]2CC(Nc3nnc(-c4cc(F)ccc4F)c4sccc34)C[C@H]2C1. The molecule has 1 unspecified atom stereocenters. The van der Waals surface area contributed by atoms with E-state index in [9.17, 15) is 8.78 Å². The molecular weight excluding hydrogens is 442 g/mol. The van der Waals surface area contributed by atoms with Crippen molar-refractivity contribution in [2.45, 2.75) is 31.7 Å². The third-order valence-corrected chi connectivity index (χ3v) is 8.17. The molecule has 0 spiro atoms. The van der Waals surface area contributed by atoms with Crippen LogP contribution in [0.15, 0.2) is 29.6 Å². The van der Waals surface area contributed by atoms with Gasteiger partial charge < -0.3 is 15.0 Å². The quantitative estimate of drug-likeness (QED) is 0.554. The third-order valence-electron chi connectivity index (χ3n) is 7.25. The molecule has 2 saturated heterocycles. The van der Waals surface area contributed by atoms with Gasteiger partial charge in [-0.05, 0) is 73.1 Å². The molecule has 1 saturated carbocycles. The Labute approximate surface area is 199 Å². The van der Waals surface area contributed by atoms with Gasteiger partial charge in [-0.1, -0.05) is 0 Å². The highest BCUT2D eigenvalue weighted by Gasteiger charge is 2.41. The van der Waals surface area contributed by atoms with Gasteiger partial charge >= 0.3 is 0 Å². The number of aromatic nitrogens is 2. The van der Waals surface area contributed by atoms with Crippen molar-refractivity contribution in [2.75, 3.05) is 38.1 Å². The lowest BCUT2D eigenvalue weighted by Gasteiger charge is -2.27. The van der Waals surface area contributed by atoms with Crippen LogP contribution in [0.4, 0.5) is 14.6 Å². The van der Waals surface area contributed by atoms with Crippen LogP contribution in [-0.2, 0) is 4.74 Å². The van der Waals surface area contributed by atoms with E-state index in [0.29, 0.717) is 36.6 Å². The van der Waals surface area contributed by atoms with Crippen molar-refractivity contribution in [2.24, 2.45) is 17.8 Å². The largest absolute Gasteiger partial charge is 0.381 e. The topological polar surface area (TPSA) is 50.3 Å². The number of benzene rings is 1. The predicted molar refractivity (Wildman–Crippen MR) is 126 cm³/mol. The highest BCUT2D eigenvalue weighted by Crippen LogP contribution is 2.41. The summed E-state index contributed by atoms with van der Waals surface area (Å²) >= 11 is 1.44. The number of nitrogens with one attached hydrogen (secondary N) is 1. The minimum Gasteiger partial charge on any atom is -0.381 e. The number of hydrogen-bond acceptors (Lipinski definition) is 6. The Hall–Kier alpha value is -2.16. The van der Waals surface area contributed by atoms with Gasteiger partial charge in [0.05, 0.1) is 4.70 Å². The molecule has 1 aliphatic carbocycles. The Bertz CT molecular complexity index is 1220. The lowest BCUT2D eigenvalue weighted by molar-refractivity contribution is 0.0545. The number of thiophene rings is 1. The van der Waals surface area contributed by atoms with Crippen LogP contribution in [0.3, 0.4) is 0 Å². The van der Waals surface area contributed by atoms with Gasteiger partial charge in [0.15, 0.2) is 5.82 Å². The molecule has 1 aromatic carbocycles. The fraction of sp³-hybridized carbons (Fsp3) is 0.520. The normalized spacial score (nSPS) is 27.5. The molecule has 0 radical (unpaired) electrons. The van der Waals surface area contributed by atoms with Crippen LogP contribution in [0.5, 0.6) is 0 Å². The lowest BCUT2D eigenvalue weighted by atomic mass is 10.00. The van der Waals surface area contributed by atoms with Gasteiger partial charge in [-0.2, -0.15) is 0 Å². The Morgan fingerprint density at radius 3 is 2.70 bits per heavy atom. The summed E-state index contributed by atoms with van der Waals surface area (Å²) in [5.41, 5.74) is 0.470. The van der Waals surface area contributed by atoms with Gasteiger partial charge in [-0.3, -0.25) is 0 Å². The van der Waals surface area contributed by atoms with Gasteiger partial charge in [-0.25, -0.2) is 8.78 Å². The second-order valence-corrected chi connectivity index (χ2v) is 10.4. The molecule has 3 aromatic rings. The van der Waals surface area contributed by atoms with E-state index in [1.54, 1.807) is 0 Å². The number of nitrogens with zero attached hydrogens (tertiary/aromatic N) is 3. The van der Waals surface area contributed by atoms with E-state index in [4.69, 9.17) is 7.48 Å². The van der Waals surface area contributed by atoms with Crippen molar-refractivity contribution < 1.29 is 16.3 Å². The lowest BCUT2D eigenvalue weighted by Crippen LogP contribution is -2.32. The highest BCUT2D eigenvalue weighted by atomic mass is 32.1. The van der Waals surface area contributed by atoms with E-state index in [2.05, 4.69) is 20.4 Å². The van der Waals surface area contributed by atoms with Crippen molar-refractivity contribution in [3.05, 3.63) is 41.3 Å². The molecule has 174 valence electrons. The number of fused-ring (bicyclic) bond motifs is 2. The van der Waals surface area contributed by atoms with Crippen LogP contribution in [0.1, 0.15) is 28.4 Å². The first-order valence-corrected chi connectivity index (χ1v) is 12.6. The molecule has 2 aromatic heterocycles. The van der Waals surface area contributed by atoms with Crippen LogP contribution in [-0.4, -0.2) is 53.9 Å². The Kier molecular flexibility index (Phi) is 5.17. The summed E-state index contributed by atoms with van der Waals surface area (Å²) in [7, 11) is 0. The predicted octanol–water partition coefficient (Wildman–Crippen LogP) is 5.19. The Balaban J connectivity index is 1.16. The molecule has 2 aliphatic heterocycles. The highest BCUT2D eigenvalue weighted by molar-refractivity contribution is 7.17. The minimum absolute atomic E-state index is 0.0348. The summed E-state index contributed by atoms with van der Waals surface area (Å²) < 4.78 is 51.9. The van der Waals surface area contributed by atoms with E-state index in [0.717, 1.165) is 67.1 Å². The van der Waals surface area contributed by atoms with Crippen molar-refractivity contribution in [3.8, 4) is 11.3 Å². The number of likely N-dealkylation sites (tertiary alicyclic amines) is 1. The maximum atomic E-state index is 14.4. The molecule has 1 N–H and O–H groups in total. The maximum Gasteiger partial charge on any atom is 0.157 e. The molecule has 0 bridgehead atoms. The van der Waals surface area contributed by atoms with Crippen molar-refractivity contribution in [1.29, 1.82) is 0 Å². The average Bonchev–Trinajstić information content (AvgIpc) is 3.57. The molecule has 0 amide bonds. The molecular formula is C25H28F2N4OS. The van der Waals surface area contributed by atoms with Crippen molar-refractivity contribution in [1.82, 2.24) is 15.1 Å². The van der Waals surface area contributed by atoms with Crippen LogP contribution in [0, 0.1) is 29.4 Å². The van der Waals surface area contributed by atoms with E-state index in [1.165, 1.54) is 11.3 Å². The van der Waals surface area contributed by atoms with E-state index < -0.39 is 18.1 Å². The second-order valence-electron chi connectivity index (χ2n) is 9.44. The molecule has 5 nitrogen and oxygen atoms in total. The summed E-state index contributed by atoms with van der Waals surface area (Å²) in [4.78, 5) is 2.06. The molecule has 33 heavy (non-hydrogen) atoms. The summed E-state index contributed by atoms with van der Waals surface area (Å²) in [5, 5.41) is 15.0. The fourth-order valence-electron chi connectivity index (χ4n) is 5.64. The zero-order chi connectivity index (χ0) is 24.2. The molecule has 3 aliphatic rings. The van der Waals surface area contributed by atoms with Gasteiger partial charge in [0.2, 0.25) is 0 Å². The summed E-state index contributed by atoms with van der Waals surface area (Å²) in [6.07, 6.45) is 3.49. The van der Waals surface area contributed by atoms with Gasteiger partial charge in [0.25, 0.3) is 0 Å². The van der Waals surface area contributed by atoms with Crippen LogP contribution in [0.2, 0.25) is 0 Å². The number of rotatable bonds is 5. The van der Waals surface area contributed by atoms with Gasteiger partial charge in [0, 0.05) is 52.5 Å². The Morgan fingerprint density at radius 1 is 1.12 bits per heavy atom. The van der Waals surface area contributed by atoms with Crippen LogP contribution < -0.4 is 5.32 Å². The van der Waals surface area contributed by atoms with E-state index >= 15 is 0 Å². The zero-order valence-corrected chi connectivity index (χ0v) is 19.1. The summed E-state index contributed by atoms with van der Waals surface area (Å²) in [5.74, 6) is 0.574. The molecule has 8 heteroatoms. The second kappa shape index (κ2) is 8.89. The first-order valence-electron chi connectivity index (χ1n) is 12.7. The molecule has 6 rings (SSSR count). The first kappa shape index (κ1) is 19.2. The van der Waals surface area contributed by atoms with Crippen LogP contribution >= 0.6 is 11.3 Å². The third kappa shape index (κ3) is 4.24. The molecule has 3 fully saturated rings. The first-order chi connectivity index (χ1) is 16.9. The smallest absolute Gasteiger partial charge is 0.157 e. The van der Waals surface area contributed by atoms with Crippen molar-refractivity contribution >= 4 is 27.2 Å². The standard InChI is InChI=1S/C25H28F2N4OS/c26-18-1-2-22(27)21(11-18)23-24-20(5-8-33-24)25(30-29-23)28-19-9-16-13-31(14-17(16)10-19)12-15-3-6-32-7-4-15/h1-2,5,8,11,15-17,19H,3-4,6-7,9-10,12-14H2,(H,28,30)/t16-,17+,19?/i12D2. The number of halogens is 2. The molecule has 3 atom stereocenters. The number of hydrogen-bond donors (Lipinski definition) is 1. The number of ether oxygens (including phenoxy) is 1. The van der Waals surface area contributed by atoms with E-state index in [1.807, 2.05) is 11.4 Å². The monoisotopic (exact) mass is 472 g/mol. The Morgan fingerprint density at radius 2 is 1.91 bits per heavy atom. The molecule has 4 heterocycles. The maximum absolute atomic E-state index is 14.4. The zero-order valence-electron chi connectivity index (χ0n) is 20.3. The average molecular weight is 473 g/mol. The summed E-state index contributed by atoms with van der Waals surface area (Å²) in [6.45, 7) is 1.58. The summed E-state index contributed by atoms with van der Waals surface area (Å²) in [6, 6.07) is 5.55. The number of anilines is 1. The van der Waals surface area contributed by atoms with Gasteiger partial charge in [0.1, 0.15) is 17.3 Å². The van der Waals surface area contributed by atoms with E-state index in [-0.39, 0.29) is 17.5 Å². The van der Waals surface area contributed by atoms with Crippen LogP contribution in [0.25, 0.3) is 21.3 Å². The van der Waals surface area contributed by atoms with Crippen molar-refractivity contribution in [3.63, 3.8) is 0 Å². The minimum atomic E-state index is -1.28.